The molecule has 1 atom stereocenters. The molecule has 0 radical (unpaired) electrons. The molecule has 116 valence electrons. The number of carbonyl (C=O) groups is 1. The number of rotatable bonds is 2. The van der Waals surface area contributed by atoms with Crippen molar-refractivity contribution in [1.82, 2.24) is 4.90 Å². The smallest absolute Gasteiger partial charge is 0.263 e. The second-order valence-corrected chi connectivity index (χ2v) is 5.89. The second-order valence-electron chi connectivity index (χ2n) is 5.89. The third-order valence-electron chi connectivity index (χ3n) is 4.29. The third-order valence-corrected chi connectivity index (χ3v) is 4.29. The predicted molar refractivity (Wildman–Crippen MR) is 87.0 cm³/mol. The summed E-state index contributed by atoms with van der Waals surface area (Å²) in [7, 11) is 0. The van der Waals surface area contributed by atoms with Gasteiger partial charge in [0.25, 0.3) is 5.91 Å². The van der Waals surface area contributed by atoms with Crippen LogP contribution < -0.4 is 4.90 Å². The van der Waals surface area contributed by atoms with Crippen LogP contribution in [0.5, 0.6) is 0 Å². The molecule has 2 aromatic carbocycles. The molecule has 4 rings (SSSR count). The number of para-hydroxylation sites is 1. The fourth-order valence-corrected chi connectivity index (χ4v) is 3.13. The highest BCUT2D eigenvalue weighted by molar-refractivity contribution is 6.19. The Labute approximate surface area is 133 Å². The van der Waals surface area contributed by atoms with E-state index < -0.39 is 0 Å². The third kappa shape index (κ3) is 2.20. The zero-order valence-electron chi connectivity index (χ0n) is 12.7. The van der Waals surface area contributed by atoms with Crippen LogP contribution in [0.2, 0.25) is 0 Å². The first kappa shape index (κ1) is 13.9. The van der Waals surface area contributed by atoms with Crippen LogP contribution in [0.3, 0.4) is 0 Å². The maximum atomic E-state index is 13.1. The SMILES string of the molecule is CC1CN=C2N(Cc3ccc(F)cc3)c3ccccc3C(=O)N21. The summed E-state index contributed by atoms with van der Waals surface area (Å²) in [4.78, 5) is 21.1. The Bertz CT molecular complexity index is 800. The summed E-state index contributed by atoms with van der Waals surface area (Å²) >= 11 is 0. The van der Waals surface area contributed by atoms with Crippen molar-refractivity contribution in [3.8, 4) is 0 Å². The van der Waals surface area contributed by atoms with E-state index in [-0.39, 0.29) is 17.8 Å². The predicted octanol–water partition coefficient (Wildman–Crippen LogP) is 3.05. The molecule has 0 saturated heterocycles. The van der Waals surface area contributed by atoms with E-state index in [0.717, 1.165) is 11.3 Å². The lowest BCUT2D eigenvalue weighted by atomic mass is 10.1. The van der Waals surface area contributed by atoms with Crippen LogP contribution in [0.1, 0.15) is 22.8 Å². The van der Waals surface area contributed by atoms with Gasteiger partial charge in [0.1, 0.15) is 5.82 Å². The molecule has 0 spiro atoms. The molecular formula is C18H16FN3O. The number of fused-ring (bicyclic) bond motifs is 2. The van der Waals surface area contributed by atoms with Crippen LogP contribution in [-0.4, -0.2) is 29.4 Å². The maximum Gasteiger partial charge on any atom is 0.263 e. The van der Waals surface area contributed by atoms with Crippen LogP contribution in [0.15, 0.2) is 53.5 Å². The lowest BCUT2D eigenvalue weighted by molar-refractivity contribution is 0.0818. The van der Waals surface area contributed by atoms with E-state index in [1.807, 2.05) is 36.1 Å². The first-order valence-corrected chi connectivity index (χ1v) is 7.64. The number of nitrogens with zero attached hydrogens (tertiary/aromatic N) is 3. The Hall–Kier alpha value is -2.69. The van der Waals surface area contributed by atoms with Crippen LogP contribution in [0.25, 0.3) is 0 Å². The molecule has 4 nitrogen and oxygen atoms in total. The molecule has 0 saturated carbocycles. The Morgan fingerprint density at radius 3 is 2.70 bits per heavy atom. The van der Waals surface area contributed by atoms with Gasteiger partial charge >= 0.3 is 0 Å². The first-order chi connectivity index (χ1) is 11.1. The topological polar surface area (TPSA) is 35.9 Å². The number of anilines is 1. The van der Waals surface area contributed by atoms with Crippen LogP contribution >= 0.6 is 0 Å². The summed E-state index contributed by atoms with van der Waals surface area (Å²) in [5, 5.41) is 0. The number of benzene rings is 2. The number of halogens is 1. The minimum Gasteiger partial charge on any atom is -0.307 e. The maximum absolute atomic E-state index is 13.1. The molecule has 1 unspecified atom stereocenters. The molecule has 0 N–H and O–H groups in total. The van der Waals surface area contributed by atoms with Crippen LogP contribution in [0, 0.1) is 5.82 Å². The first-order valence-electron chi connectivity index (χ1n) is 7.64. The normalized spacial score (nSPS) is 19.5. The average molecular weight is 309 g/mol. The van der Waals surface area contributed by atoms with Gasteiger partial charge < -0.3 is 4.90 Å². The molecule has 23 heavy (non-hydrogen) atoms. The van der Waals surface area contributed by atoms with Gasteiger partial charge in [0.15, 0.2) is 0 Å². The summed E-state index contributed by atoms with van der Waals surface area (Å²) < 4.78 is 13.1. The monoisotopic (exact) mass is 309 g/mol. The quantitative estimate of drug-likeness (QED) is 0.855. The summed E-state index contributed by atoms with van der Waals surface area (Å²) in [5.41, 5.74) is 2.51. The highest BCUT2D eigenvalue weighted by Crippen LogP contribution is 2.33. The van der Waals surface area contributed by atoms with Crippen molar-refractivity contribution >= 4 is 17.6 Å². The van der Waals surface area contributed by atoms with Crippen molar-refractivity contribution in [2.75, 3.05) is 11.4 Å². The second kappa shape index (κ2) is 5.19. The zero-order valence-corrected chi connectivity index (χ0v) is 12.7. The number of guanidine groups is 1. The van der Waals surface area contributed by atoms with E-state index in [0.29, 0.717) is 24.6 Å². The van der Waals surface area contributed by atoms with E-state index in [1.54, 1.807) is 17.0 Å². The summed E-state index contributed by atoms with van der Waals surface area (Å²) in [6.45, 7) is 3.15. The minimum atomic E-state index is -0.253. The molecule has 0 aliphatic carbocycles. The van der Waals surface area contributed by atoms with Crippen molar-refractivity contribution in [1.29, 1.82) is 0 Å². The summed E-state index contributed by atoms with van der Waals surface area (Å²) in [5.74, 6) is 0.432. The van der Waals surface area contributed by atoms with Gasteiger partial charge in [-0.2, -0.15) is 0 Å². The molecule has 2 aliphatic rings. The minimum absolute atomic E-state index is 0.000272. The molecular weight excluding hydrogens is 293 g/mol. The zero-order chi connectivity index (χ0) is 16.0. The van der Waals surface area contributed by atoms with E-state index in [1.165, 1.54) is 12.1 Å². The molecule has 2 aliphatic heterocycles. The molecule has 0 fully saturated rings. The summed E-state index contributed by atoms with van der Waals surface area (Å²) in [6, 6.07) is 14.0. The number of hydrogen-bond donors (Lipinski definition) is 0. The van der Waals surface area contributed by atoms with Gasteiger partial charge in [0, 0.05) is 0 Å². The Morgan fingerprint density at radius 1 is 1.17 bits per heavy atom. The largest absolute Gasteiger partial charge is 0.307 e. The standard InChI is InChI=1S/C18H16FN3O/c1-12-10-20-18-21(11-13-6-8-14(19)9-7-13)16-5-3-2-4-15(16)17(23)22(12)18/h2-9,12H,10-11H2,1H3. The van der Waals surface area contributed by atoms with Gasteiger partial charge in [0.05, 0.1) is 30.4 Å². The lowest BCUT2D eigenvalue weighted by Crippen LogP contribution is -2.52. The Morgan fingerprint density at radius 2 is 1.91 bits per heavy atom. The van der Waals surface area contributed by atoms with Gasteiger partial charge in [-0.3, -0.25) is 14.7 Å². The van der Waals surface area contributed by atoms with Gasteiger partial charge in [-0.15, -0.1) is 0 Å². The van der Waals surface area contributed by atoms with Crippen LogP contribution in [-0.2, 0) is 6.54 Å². The van der Waals surface area contributed by atoms with Crippen molar-refractivity contribution in [3.63, 3.8) is 0 Å². The van der Waals surface area contributed by atoms with E-state index >= 15 is 0 Å². The molecule has 1 amide bonds. The fraction of sp³-hybridized carbons (Fsp3) is 0.222. The molecule has 2 aromatic rings. The molecule has 0 aromatic heterocycles. The molecule has 5 heteroatoms. The Kier molecular flexibility index (Phi) is 3.15. The number of aliphatic imine (C=N–C) groups is 1. The van der Waals surface area contributed by atoms with E-state index in [2.05, 4.69) is 4.99 Å². The van der Waals surface area contributed by atoms with Crippen molar-refractivity contribution < 1.29 is 9.18 Å². The summed E-state index contributed by atoms with van der Waals surface area (Å²) in [6.07, 6.45) is 0. The lowest BCUT2D eigenvalue weighted by Gasteiger charge is -2.37. The average Bonchev–Trinajstić information content (AvgIpc) is 2.95. The van der Waals surface area contributed by atoms with Crippen molar-refractivity contribution in [2.45, 2.75) is 19.5 Å². The van der Waals surface area contributed by atoms with Crippen LogP contribution in [0.4, 0.5) is 10.1 Å². The van der Waals surface area contributed by atoms with E-state index in [4.69, 9.17) is 0 Å². The number of carbonyl (C=O) groups excluding carboxylic acids is 1. The fourth-order valence-electron chi connectivity index (χ4n) is 3.13. The number of hydrogen-bond acceptors (Lipinski definition) is 3. The van der Waals surface area contributed by atoms with Crippen molar-refractivity contribution in [2.24, 2.45) is 4.99 Å². The highest BCUT2D eigenvalue weighted by atomic mass is 19.1. The van der Waals surface area contributed by atoms with Gasteiger partial charge in [-0.25, -0.2) is 4.39 Å². The van der Waals surface area contributed by atoms with Gasteiger partial charge in [-0.1, -0.05) is 24.3 Å². The van der Waals surface area contributed by atoms with Gasteiger partial charge in [-0.05, 0) is 36.8 Å². The van der Waals surface area contributed by atoms with Crippen molar-refractivity contribution in [3.05, 3.63) is 65.5 Å². The Balaban J connectivity index is 1.78. The molecule has 0 bridgehead atoms. The number of amides is 1. The highest BCUT2D eigenvalue weighted by Gasteiger charge is 2.40. The van der Waals surface area contributed by atoms with E-state index in [9.17, 15) is 9.18 Å². The van der Waals surface area contributed by atoms with Gasteiger partial charge in [0.2, 0.25) is 5.96 Å². The molecule has 2 heterocycles.